The van der Waals surface area contributed by atoms with Gasteiger partial charge in [0.2, 0.25) is 5.95 Å². The summed E-state index contributed by atoms with van der Waals surface area (Å²) in [7, 11) is 1.91. The molecule has 1 N–H and O–H groups in total. The Morgan fingerprint density at radius 2 is 1.60 bits per heavy atom. The van der Waals surface area contributed by atoms with Crippen molar-refractivity contribution in [1.82, 2.24) is 15.0 Å². The number of halogens is 6. The Morgan fingerprint density at radius 3 is 2.23 bits per heavy atom. The molecule has 0 amide bonds. The third kappa shape index (κ3) is 9.48. The van der Waals surface area contributed by atoms with Gasteiger partial charge in [0, 0.05) is 44.1 Å². The molecule has 5 rings (SSSR count). The number of ether oxygens (including phenoxy) is 1. The maximum Gasteiger partial charge on any atom is 0.416 e. The maximum atomic E-state index is 13.7. The van der Waals surface area contributed by atoms with Crippen LogP contribution in [-0.4, -0.2) is 46.2 Å². The number of alkyl halides is 6. The van der Waals surface area contributed by atoms with Gasteiger partial charge in [-0.25, -0.2) is 15.0 Å². The first kappa shape index (κ1) is 34.7. The van der Waals surface area contributed by atoms with E-state index in [4.69, 9.17) is 14.8 Å². The van der Waals surface area contributed by atoms with Crippen LogP contribution in [0, 0.1) is 5.92 Å². The van der Waals surface area contributed by atoms with Crippen LogP contribution in [0.3, 0.4) is 0 Å². The molecule has 1 aliphatic rings. The molecule has 0 unspecified atom stereocenters. The molecule has 256 valence electrons. The quantitative estimate of drug-likeness (QED) is 0.0998. The van der Waals surface area contributed by atoms with E-state index in [9.17, 15) is 31.1 Å². The molecule has 0 saturated heterocycles. The summed E-state index contributed by atoms with van der Waals surface area (Å²) in [4.78, 5) is 27.9. The summed E-state index contributed by atoms with van der Waals surface area (Å²) in [5.74, 6) is 0.668. The molecule has 1 aliphatic carbocycles. The van der Waals surface area contributed by atoms with Crippen LogP contribution in [-0.2, 0) is 30.2 Å². The van der Waals surface area contributed by atoms with Crippen LogP contribution in [0.2, 0.25) is 0 Å². The number of aromatic nitrogens is 3. The second kappa shape index (κ2) is 14.7. The van der Waals surface area contributed by atoms with E-state index in [0.29, 0.717) is 30.1 Å². The molecule has 2 aromatic carbocycles. The van der Waals surface area contributed by atoms with Gasteiger partial charge in [0.1, 0.15) is 5.82 Å². The van der Waals surface area contributed by atoms with Crippen molar-refractivity contribution in [3.63, 3.8) is 0 Å². The fraction of sp³-hybridized carbons (Fsp3) is 0.412. The maximum absolute atomic E-state index is 13.7. The minimum atomic E-state index is -5.00. The monoisotopic (exact) mass is 675 g/mol. The van der Waals surface area contributed by atoms with Crippen LogP contribution >= 0.6 is 0 Å². The van der Waals surface area contributed by atoms with Crippen molar-refractivity contribution in [2.75, 3.05) is 30.0 Å². The topological polar surface area (TPSA) is 91.7 Å². The van der Waals surface area contributed by atoms with E-state index in [1.165, 1.54) is 30.1 Å². The Bertz CT molecular complexity index is 1680. The highest BCUT2D eigenvalue weighted by atomic mass is 19.4. The van der Waals surface area contributed by atoms with Crippen LogP contribution in [0.1, 0.15) is 60.8 Å². The normalized spacial score (nSPS) is 13.5. The van der Waals surface area contributed by atoms with Crippen molar-refractivity contribution in [2.24, 2.45) is 5.92 Å². The number of pyridine rings is 1. The Hall–Kier alpha value is -4.62. The van der Waals surface area contributed by atoms with Crippen LogP contribution in [0.25, 0.3) is 10.9 Å². The second-order valence-electron chi connectivity index (χ2n) is 12.0. The summed E-state index contributed by atoms with van der Waals surface area (Å²) in [5, 5.41) is 9.65. The number of carboxylic acid groups (broad SMARTS) is 1. The molecule has 8 nitrogen and oxygen atoms in total. The highest BCUT2D eigenvalue weighted by molar-refractivity contribution is 5.82. The van der Waals surface area contributed by atoms with Crippen molar-refractivity contribution in [3.05, 3.63) is 83.2 Å². The zero-order chi connectivity index (χ0) is 34.5. The van der Waals surface area contributed by atoms with Gasteiger partial charge in [-0.2, -0.15) is 26.3 Å². The average molecular weight is 676 g/mol. The van der Waals surface area contributed by atoms with Gasteiger partial charge in [-0.3, -0.25) is 4.79 Å². The fourth-order valence-electron chi connectivity index (χ4n) is 5.42. The van der Waals surface area contributed by atoms with Crippen molar-refractivity contribution in [2.45, 2.75) is 64.0 Å². The first-order valence-electron chi connectivity index (χ1n) is 15.6. The Labute approximate surface area is 273 Å². The van der Waals surface area contributed by atoms with Crippen molar-refractivity contribution in [1.29, 1.82) is 0 Å². The number of fused-ring (bicyclic) bond motifs is 1. The Kier molecular flexibility index (Phi) is 10.6. The van der Waals surface area contributed by atoms with Crippen LogP contribution < -0.4 is 14.5 Å². The predicted octanol–water partition coefficient (Wildman–Crippen LogP) is 8.14. The average Bonchev–Trinajstić information content (AvgIpc) is 3.86. The number of rotatable bonds is 15. The van der Waals surface area contributed by atoms with E-state index < -0.39 is 29.4 Å². The third-order valence-electron chi connectivity index (χ3n) is 8.03. The summed E-state index contributed by atoms with van der Waals surface area (Å²) in [6.07, 6.45) is -2.71. The third-order valence-corrected chi connectivity index (χ3v) is 8.03. The standard InChI is InChI=1S/C34H35F6N5O3/c1-44(12-4-6-22-10-11-22)31-25(16-24-7-2-3-8-29(24)43-31)21-45(32-41-18-28(19-42-32)48-13-5-9-30(46)47)20-23-14-26(33(35,36)37)17-27(15-23)34(38,39)40/h2-3,7-8,14-19,22H,4-6,9-13,20-21H2,1H3,(H,46,47). The van der Waals surface area contributed by atoms with Gasteiger partial charge in [-0.05, 0) is 61.1 Å². The minimum Gasteiger partial charge on any atom is -0.490 e. The van der Waals surface area contributed by atoms with E-state index in [1.54, 1.807) is 0 Å². The highest BCUT2D eigenvalue weighted by Gasteiger charge is 2.37. The number of hydrogen-bond donors (Lipinski definition) is 1. The summed E-state index contributed by atoms with van der Waals surface area (Å²) in [5.41, 5.74) is -1.64. The van der Waals surface area contributed by atoms with E-state index in [-0.39, 0.29) is 55.9 Å². The van der Waals surface area contributed by atoms with E-state index in [2.05, 4.69) is 9.97 Å². The Morgan fingerprint density at radius 1 is 0.938 bits per heavy atom. The summed E-state index contributed by atoms with van der Waals surface area (Å²) in [6, 6.07) is 10.9. The van der Waals surface area contributed by atoms with Gasteiger partial charge in [-0.1, -0.05) is 31.0 Å². The lowest BCUT2D eigenvalue weighted by atomic mass is 10.0. The lowest BCUT2D eigenvalue weighted by Gasteiger charge is -2.27. The molecule has 0 radical (unpaired) electrons. The zero-order valence-electron chi connectivity index (χ0n) is 26.2. The first-order valence-corrected chi connectivity index (χ1v) is 15.6. The molecule has 4 aromatic rings. The number of para-hydroxylation sites is 1. The van der Waals surface area contributed by atoms with Gasteiger partial charge < -0.3 is 19.6 Å². The fourth-order valence-corrected chi connectivity index (χ4v) is 5.42. The number of anilines is 2. The SMILES string of the molecule is CN(CCCC1CC1)c1nc2ccccc2cc1CN(Cc1cc(C(F)(F)F)cc(C(F)(F)F)c1)c1ncc(OCCCC(=O)O)cn1. The molecular weight excluding hydrogens is 640 g/mol. The van der Waals surface area contributed by atoms with Gasteiger partial charge in [0.15, 0.2) is 5.75 Å². The first-order chi connectivity index (χ1) is 22.8. The molecule has 48 heavy (non-hydrogen) atoms. The molecule has 1 fully saturated rings. The summed E-state index contributed by atoms with van der Waals surface area (Å²) < 4.78 is 88.0. The smallest absolute Gasteiger partial charge is 0.416 e. The predicted molar refractivity (Wildman–Crippen MR) is 168 cm³/mol. The molecule has 0 bridgehead atoms. The molecular formula is C34H35F6N5O3. The molecule has 0 aliphatic heterocycles. The number of benzene rings is 2. The van der Waals surface area contributed by atoms with E-state index in [0.717, 1.165) is 29.7 Å². The zero-order valence-corrected chi connectivity index (χ0v) is 26.2. The minimum absolute atomic E-state index is 0.0105. The van der Waals surface area contributed by atoms with Crippen molar-refractivity contribution >= 4 is 28.6 Å². The molecule has 2 heterocycles. The lowest BCUT2D eigenvalue weighted by molar-refractivity contribution is -0.143. The van der Waals surface area contributed by atoms with Crippen molar-refractivity contribution < 1.29 is 41.0 Å². The number of carboxylic acids is 1. The highest BCUT2D eigenvalue weighted by Crippen LogP contribution is 2.37. The number of nitrogens with zero attached hydrogens (tertiary/aromatic N) is 5. The van der Waals surface area contributed by atoms with Gasteiger partial charge in [-0.15, -0.1) is 0 Å². The second-order valence-corrected chi connectivity index (χ2v) is 12.0. The number of carbonyl (C=O) groups is 1. The molecule has 0 atom stereocenters. The molecule has 2 aromatic heterocycles. The van der Waals surface area contributed by atoms with Crippen molar-refractivity contribution in [3.8, 4) is 5.75 Å². The van der Waals surface area contributed by atoms with E-state index >= 15 is 0 Å². The molecule has 1 saturated carbocycles. The Balaban J connectivity index is 1.51. The largest absolute Gasteiger partial charge is 0.490 e. The van der Waals surface area contributed by atoms with Crippen LogP contribution in [0.5, 0.6) is 5.75 Å². The van der Waals surface area contributed by atoms with Gasteiger partial charge >= 0.3 is 18.3 Å². The number of hydrogen-bond acceptors (Lipinski definition) is 7. The number of aliphatic carboxylic acids is 1. The van der Waals surface area contributed by atoms with Crippen LogP contribution in [0.4, 0.5) is 38.1 Å². The van der Waals surface area contributed by atoms with Gasteiger partial charge in [0.25, 0.3) is 0 Å². The lowest BCUT2D eigenvalue weighted by Crippen LogP contribution is -2.28. The van der Waals surface area contributed by atoms with E-state index in [1.807, 2.05) is 42.3 Å². The van der Waals surface area contributed by atoms with Gasteiger partial charge in [0.05, 0.1) is 35.6 Å². The summed E-state index contributed by atoms with van der Waals surface area (Å²) in [6.45, 7) is 0.421. The molecule has 0 spiro atoms. The summed E-state index contributed by atoms with van der Waals surface area (Å²) >= 11 is 0. The molecule has 14 heteroatoms. The van der Waals surface area contributed by atoms with Crippen LogP contribution in [0.15, 0.2) is 60.9 Å².